The van der Waals surface area contributed by atoms with Crippen LogP contribution in [0.4, 0.5) is 0 Å². The Morgan fingerprint density at radius 1 is 1.47 bits per heavy atom. The van der Waals surface area contributed by atoms with Crippen molar-refractivity contribution in [3.8, 4) is 0 Å². The second-order valence-electron chi connectivity index (χ2n) is 5.23. The Bertz CT molecular complexity index is 574. The fourth-order valence-corrected chi connectivity index (χ4v) is 4.32. The van der Waals surface area contributed by atoms with Gasteiger partial charge in [0.15, 0.2) is 0 Å². The molecule has 1 aromatic carbocycles. The molecule has 0 bridgehead atoms. The van der Waals surface area contributed by atoms with Gasteiger partial charge >= 0.3 is 0 Å². The Labute approximate surface area is 123 Å². The first-order valence-electron chi connectivity index (χ1n) is 6.31. The fourth-order valence-electron chi connectivity index (χ4n) is 2.12. The lowest BCUT2D eigenvalue weighted by Gasteiger charge is -2.18. The van der Waals surface area contributed by atoms with Crippen molar-refractivity contribution in [2.45, 2.75) is 24.8 Å². The summed E-state index contributed by atoms with van der Waals surface area (Å²) in [6.07, 6.45) is 1.11. The number of halogens is 1. The minimum absolute atomic E-state index is 0.297. The zero-order chi connectivity index (χ0) is 14.2. The van der Waals surface area contributed by atoms with Gasteiger partial charge in [-0.3, -0.25) is 0 Å². The summed E-state index contributed by atoms with van der Waals surface area (Å²) in [6.45, 7) is 3.07. The third-order valence-corrected chi connectivity index (χ3v) is 6.50. The van der Waals surface area contributed by atoms with Crippen LogP contribution in [-0.4, -0.2) is 26.3 Å². The molecule has 1 aliphatic rings. The maximum atomic E-state index is 12.5. The highest BCUT2D eigenvalue weighted by Gasteiger charge is 2.36. The van der Waals surface area contributed by atoms with E-state index in [0.29, 0.717) is 34.3 Å². The Balaban J connectivity index is 2.27. The van der Waals surface area contributed by atoms with Gasteiger partial charge in [0.1, 0.15) is 0 Å². The van der Waals surface area contributed by atoms with E-state index in [0.717, 1.165) is 12.0 Å². The van der Waals surface area contributed by atoms with Gasteiger partial charge in [0.25, 0.3) is 0 Å². The molecule has 2 atom stereocenters. The van der Waals surface area contributed by atoms with Crippen molar-refractivity contribution in [2.75, 3.05) is 13.6 Å². The lowest BCUT2D eigenvalue weighted by atomic mass is 10.2. The van der Waals surface area contributed by atoms with E-state index >= 15 is 0 Å². The number of hydrogen-bond acceptors (Lipinski definition) is 3. The van der Waals surface area contributed by atoms with Gasteiger partial charge in [0.2, 0.25) is 10.0 Å². The number of rotatable bonds is 5. The molecule has 2 rings (SSSR count). The summed E-state index contributed by atoms with van der Waals surface area (Å²) in [7, 11) is -1.81. The molecule has 19 heavy (non-hydrogen) atoms. The van der Waals surface area contributed by atoms with E-state index in [-0.39, 0.29) is 0 Å². The monoisotopic (exact) mass is 346 g/mol. The van der Waals surface area contributed by atoms with E-state index in [4.69, 9.17) is 5.73 Å². The van der Waals surface area contributed by atoms with Gasteiger partial charge in [-0.1, -0.05) is 13.0 Å². The van der Waals surface area contributed by atoms with Crippen LogP contribution in [0.1, 0.15) is 18.9 Å². The van der Waals surface area contributed by atoms with Gasteiger partial charge in [0, 0.05) is 24.6 Å². The van der Waals surface area contributed by atoms with Crippen LogP contribution in [0.3, 0.4) is 0 Å². The summed E-state index contributed by atoms with van der Waals surface area (Å²) >= 11 is 3.31. The van der Waals surface area contributed by atoms with Crippen LogP contribution in [0.2, 0.25) is 0 Å². The minimum Gasteiger partial charge on any atom is -0.326 e. The molecule has 0 spiro atoms. The van der Waals surface area contributed by atoms with Crippen molar-refractivity contribution in [1.82, 2.24) is 4.31 Å². The van der Waals surface area contributed by atoms with Crippen molar-refractivity contribution in [2.24, 2.45) is 17.6 Å². The molecule has 1 saturated carbocycles. The van der Waals surface area contributed by atoms with Crippen molar-refractivity contribution in [3.63, 3.8) is 0 Å². The molecular weight excluding hydrogens is 328 g/mol. The standard InChI is InChI=1S/C13H19BrN2O2S/c1-9-5-11(9)8-16(2)19(17,18)13-6-10(7-15)3-4-12(13)14/h3-4,6,9,11H,5,7-8,15H2,1-2H3. The third kappa shape index (κ3) is 3.18. The molecule has 0 aromatic heterocycles. The van der Waals surface area contributed by atoms with E-state index in [1.165, 1.54) is 4.31 Å². The first-order valence-corrected chi connectivity index (χ1v) is 8.54. The molecule has 0 saturated heterocycles. The minimum atomic E-state index is -3.45. The van der Waals surface area contributed by atoms with E-state index in [9.17, 15) is 8.42 Å². The average molecular weight is 347 g/mol. The number of sulfonamides is 1. The smallest absolute Gasteiger partial charge is 0.243 e. The number of benzene rings is 1. The highest BCUT2D eigenvalue weighted by Crippen LogP contribution is 2.39. The quantitative estimate of drug-likeness (QED) is 0.888. The van der Waals surface area contributed by atoms with Crippen LogP contribution in [0, 0.1) is 11.8 Å². The normalized spacial score (nSPS) is 22.8. The van der Waals surface area contributed by atoms with Crippen LogP contribution < -0.4 is 5.73 Å². The topological polar surface area (TPSA) is 63.4 Å². The molecule has 0 amide bonds. The van der Waals surface area contributed by atoms with Crippen LogP contribution in [0.15, 0.2) is 27.6 Å². The molecule has 1 aromatic rings. The molecule has 6 heteroatoms. The maximum absolute atomic E-state index is 12.5. The molecule has 2 N–H and O–H groups in total. The SMILES string of the molecule is CC1CC1CN(C)S(=O)(=O)c1cc(CN)ccc1Br. The summed E-state index contributed by atoms with van der Waals surface area (Å²) in [5, 5.41) is 0. The molecule has 1 aliphatic carbocycles. The van der Waals surface area contributed by atoms with E-state index in [2.05, 4.69) is 22.9 Å². The van der Waals surface area contributed by atoms with E-state index < -0.39 is 10.0 Å². The number of nitrogens with two attached hydrogens (primary N) is 1. The molecule has 0 radical (unpaired) electrons. The summed E-state index contributed by atoms with van der Waals surface area (Å²) in [5.74, 6) is 1.13. The van der Waals surface area contributed by atoms with Crippen molar-refractivity contribution < 1.29 is 8.42 Å². The van der Waals surface area contributed by atoms with Crippen molar-refractivity contribution in [3.05, 3.63) is 28.2 Å². The van der Waals surface area contributed by atoms with Gasteiger partial charge in [-0.05, 0) is 51.9 Å². The summed E-state index contributed by atoms with van der Waals surface area (Å²) in [5.41, 5.74) is 6.39. The lowest BCUT2D eigenvalue weighted by molar-refractivity contribution is 0.444. The molecule has 1 fully saturated rings. The zero-order valence-corrected chi connectivity index (χ0v) is 13.5. The number of nitrogens with zero attached hydrogens (tertiary/aromatic N) is 1. The second kappa shape index (κ2) is 5.52. The first-order chi connectivity index (χ1) is 8.86. The van der Waals surface area contributed by atoms with Crippen LogP contribution >= 0.6 is 15.9 Å². The molecule has 0 aliphatic heterocycles. The Morgan fingerprint density at radius 2 is 2.11 bits per heavy atom. The molecule has 2 unspecified atom stereocenters. The van der Waals surface area contributed by atoms with Crippen molar-refractivity contribution in [1.29, 1.82) is 0 Å². The molecular formula is C13H19BrN2O2S. The van der Waals surface area contributed by atoms with Gasteiger partial charge in [-0.15, -0.1) is 0 Å². The predicted molar refractivity (Wildman–Crippen MR) is 79.1 cm³/mol. The van der Waals surface area contributed by atoms with E-state index in [1.54, 1.807) is 19.2 Å². The summed E-state index contributed by atoms with van der Waals surface area (Å²) in [6, 6.07) is 5.21. The number of hydrogen-bond donors (Lipinski definition) is 1. The zero-order valence-electron chi connectivity index (χ0n) is 11.1. The third-order valence-electron chi connectivity index (χ3n) is 3.69. The van der Waals surface area contributed by atoms with Crippen LogP contribution in [-0.2, 0) is 16.6 Å². The average Bonchev–Trinajstić information content (AvgIpc) is 3.05. The summed E-state index contributed by atoms with van der Waals surface area (Å²) < 4.78 is 27.1. The summed E-state index contributed by atoms with van der Waals surface area (Å²) in [4.78, 5) is 0.297. The van der Waals surface area contributed by atoms with E-state index in [1.807, 2.05) is 6.07 Å². The van der Waals surface area contributed by atoms with Gasteiger partial charge in [0.05, 0.1) is 4.90 Å². The largest absolute Gasteiger partial charge is 0.326 e. The van der Waals surface area contributed by atoms with Gasteiger partial charge in [-0.2, -0.15) is 0 Å². The fraction of sp³-hybridized carbons (Fsp3) is 0.538. The Hall–Kier alpha value is -0.430. The van der Waals surface area contributed by atoms with Gasteiger partial charge in [-0.25, -0.2) is 12.7 Å². The van der Waals surface area contributed by atoms with Crippen LogP contribution in [0.25, 0.3) is 0 Å². The highest BCUT2D eigenvalue weighted by molar-refractivity contribution is 9.10. The first kappa shape index (κ1) is 15.0. The Kier molecular flexibility index (Phi) is 4.35. The molecule has 0 heterocycles. The highest BCUT2D eigenvalue weighted by atomic mass is 79.9. The van der Waals surface area contributed by atoms with Crippen molar-refractivity contribution >= 4 is 26.0 Å². The molecule has 4 nitrogen and oxygen atoms in total. The Morgan fingerprint density at radius 3 is 2.63 bits per heavy atom. The lowest BCUT2D eigenvalue weighted by Crippen LogP contribution is -2.29. The molecule has 106 valence electrons. The van der Waals surface area contributed by atoms with Gasteiger partial charge < -0.3 is 5.73 Å². The maximum Gasteiger partial charge on any atom is 0.243 e. The predicted octanol–water partition coefficient (Wildman–Crippen LogP) is 2.18. The second-order valence-corrected chi connectivity index (χ2v) is 8.10. The van der Waals surface area contributed by atoms with Crippen LogP contribution in [0.5, 0.6) is 0 Å².